The average molecular weight is 273 g/mol. The van der Waals surface area contributed by atoms with Crippen LogP contribution in [0.3, 0.4) is 0 Å². The summed E-state index contributed by atoms with van der Waals surface area (Å²) in [5.41, 5.74) is 0.379. The number of benzene rings is 1. The molecule has 1 amide bonds. The Bertz CT molecular complexity index is 668. The van der Waals surface area contributed by atoms with Crippen LogP contribution in [0.5, 0.6) is 5.75 Å². The van der Waals surface area contributed by atoms with Crippen molar-refractivity contribution in [3.05, 3.63) is 57.9 Å². The zero-order valence-corrected chi connectivity index (χ0v) is 10.5. The number of para-hydroxylation sites is 1. The van der Waals surface area contributed by atoms with Crippen LogP contribution in [0.2, 0.25) is 0 Å². The molecule has 1 aromatic carbocycles. The molecule has 0 aliphatic heterocycles. The third-order valence-corrected chi connectivity index (χ3v) is 2.63. The van der Waals surface area contributed by atoms with Gasteiger partial charge in [0.1, 0.15) is 5.75 Å². The fourth-order valence-corrected chi connectivity index (χ4v) is 1.60. The van der Waals surface area contributed by atoms with Gasteiger partial charge in [-0.2, -0.15) is 0 Å². The van der Waals surface area contributed by atoms with Crippen LogP contribution in [0.25, 0.3) is 0 Å². The maximum absolute atomic E-state index is 12.0. The van der Waals surface area contributed by atoms with Gasteiger partial charge in [0, 0.05) is 18.0 Å². The summed E-state index contributed by atoms with van der Waals surface area (Å²) in [4.78, 5) is 26.1. The second-order valence-corrected chi connectivity index (χ2v) is 4.07. The van der Waals surface area contributed by atoms with E-state index in [1.54, 1.807) is 19.1 Å². The lowest BCUT2D eigenvalue weighted by Gasteiger charge is -2.07. The number of amides is 1. The zero-order valence-electron chi connectivity index (χ0n) is 10.5. The Morgan fingerprint density at radius 2 is 2.10 bits per heavy atom. The molecule has 1 aromatic heterocycles. The maximum atomic E-state index is 12.0. The molecule has 2 N–H and O–H groups in total. The molecule has 102 valence electrons. The average Bonchev–Trinajstić information content (AvgIpc) is 2.41. The Hall–Kier alpha value is -2.96. The van der Waals surface area contributed by atoms with Crippen molar-refractivity contribution in [1.29, 1.82) is 0 Å². The first-order valence-electron chi connectivity index (χ1n) is 5.69. The van der Waals surface area contributed by atoms with Crippen LogP contribution < -0.4 is 5.32 Å². The number of nitrogens with zero attached hydrogens (tertiary/aromatic N) is 2. The van der Waals surface area contributed by atoms with Crippen LogP contribution in [0.15, 0.2) is 36.5 Å². The van der Waals surface area contributed by atoms with Crippen molar-refractivity contribution >= 4 is 17.3 Å². The second kappa shape index (κ2) is 5.35. The lowest BCUT2D eigenvalue weighted by Crippen LogP contribution is -2.13. The fraction of sp³-hybridized carbons (Fsp3) is 0.0769. The molecule has 2 aromatic rings. The van der Waals surface area contributed by atoms with Gasteiger partial charge in [-0.05, 0) is 25.1 Å². The summed E-state index contributed by atoms with van der Waals surface area (Å²) in [6, 6.07) is 6.98. The summed E-state index contributed by atoms with van der Waals surface area (Å²) in [5.74, 6) is -0.949. The Morgan fingerprint density at radius 3 is 2.70 bits per heavy atom. The number of phenolic OH excluding ortho intramolecular Hbond substituents is 1. The molecule has 0 spiro atoms. The van der Waals surface area contributed by atoms with Crippen molar-refractivity contribution in [3.63, 3.8) is 0 Å². The largest absolute Gasteiger partial charge is 0.505 e. The molecule has 20 heavy (non-hydrogen) atoms. The Balaban J connectivity index is 2.32. The van der Waals surface area contributed by atoms with E-state index < -0.39 is 10.8 Å². The smallest absolute Gasteiger partial charge is 0.296 e. The first kappa shape index (κ1) is 13.5. The van der Waals surface area contributed by atoms with Crippen molar-refractivity contribution in [2.75, 3.05) is 5.32 Å². The zero-order chi connectivity index (χ0) is 14.7. The second-order valence-electron chi connectivity index (χ2n) is 4.07. The van der Waals surface area contributed by atoms with E-state index in [2.05, 4.69) is 10.3 Å². The van der Waals surface area contributed by atoms with Crippen molar-refractivity contribution in [3.8, 4) is 5.75 Å². The number of rotatable bonds is 3. The van der Waals surface area contributed by atoms with E-state index >= 15 is 0 Å². The first-order valence-corrected chi connectivity index (χ1v) is 5.69. The first-order chi connectivity index (χ1) is 9.49. The quantitative estimate of drug-likeness (QED) is 0.507. The summed E-state index contributed by atoms with van der Waals surface area (Å²) in [7, 11) is 0. The number of phenols is 1. The van der Waals surface area contributed by atoms with E-state index in [-0.39, 0.29) is 22.7 Å². The SMILES string of the molecule is Cc1ccc(C(=O)Nc2c(O)cccc2[N+](=O)[O-])cn1. The van der Waals surface area contributed by atoms with Crippen molar-refractivity contribution < 1.29 is 14.8 Å². The summed E-state index contributed by atoms with van der Waals surface area (Å²) in [5, 5.41) is 22.8. The number of pyridine rings is 1. The van der Waals surface area contributed by atoms with Gasteiger partial charge in [0.15, 0.2) is 5.69 Å². The molecule has 0 radical (unpaired) electrons. The minimum Gasteiger partial charge on any atom is -0.505 e. The van der Waals surface area contributed by atoms with Gasteiger partial charge in [0.05, 0.1) is 10.5 Å². The van der Waals surface area contributed by atoms with Gasteiger partial charge >= 0.3 is 0 Å². The van der Waals surface area contributed by atoms with E-state index in [0.29, 0.717) is 0 Å². The van der Waals surface area contributed by atoms with Crippen LogP contribution in [-0.4, -0.2) is 20.9 Å². The van der Waals surface area contributed by atoms with Crippen LogP contribution >= 0.6 is 0 Å². The minimum atomic E-state index is -0.678. The normalized spacial score (nSPS) is 10.1. The van der Waals surface area contributed by atoms with Gasteiger partial charge in [-0.3, -0.25) is 19.9 Å². The van der Waals surface area contributed by atoms with Crippen LogP contribution in [0, 0.1) is 17.0 Å². The summed E-state index contributed by atoms with van der Waals surface area (Å²) in [6.07, 6.45) is 1.36. The third-order valence-electron chi connectivity index (χ3n) is 2.63. The highest BCUT2D eigenvalue weighted by Crippen LogP contribution is 2.33. The molecule has 0 atom stereocenters. The number of aryl methyl sites for hydroxylation is 1. The number of aromatic hydroxyl groups is 1. The third kappa shape index (κ3) is 2.72. The molecule has 7 nitrogen and oxygen atoms in total. The fourth-order valence-electron chi connectivity index (χ4n) is 1.60. The molecule has 2 rings (SSSR count). The summed E-state index contributed by atoms with van der Waals surface area (Å²) >= 11 is 0. The van der Waals surface area contributed by atoms with E-state index in [1.165, 1.54) is 24.4 Å². The summed E-state index contributed by atoms with van der Waals surface area (Å²) in [6.45, 7) is 1.77. The van der Waals surface area contributed by atoms with Crippen LogP contribution in [0.1, 0.15) is 16.1 Å². The van der Waals surface area contributed by atoms with Gasteiger partial charge < -0.3 is 10.4 Å². The van der Waals surface area contributed by atoms with Gasteiger partial charge in [-0.15, -0.1) is 0 Å². The number of anilines is 1. The van der Waals surface area contributed by atoms with Crippen molar-refractivity contribution in [1.82, 2.24) is 4.98 Å². The standard InChI is InChI=1S/C13H11N3O4/c1-8-5-6-9(7-14-8)13(18)15-12-10(16(19)20)3-2-4-11(12)17/h2-7,17H,1H3,(H,15,18). The molecular formula is C13H11N3O4. The highest BCUT2D eigenvalue weighted by atomic mass is 16.6. The van der Waals surface area contributed by atoms with Crippen LogP contribution in [0.4, 0.5) is 11.4 Å². The molecule has 7 heteroatoms. The molecule has 0 aliphatic carbocycles. The molecule has 0 bridgehead atoms. The number of carbonyl (C=O) groups excluding carboxylic acids is 1. The Labute approximate surface area is 114 Å². The van der Waals surface area contributed by atoms with Crippen molar-refractivity contribution in [2.45, 2.75) is 6.92 Å². The maximum Gasteiger partial charge on any atom is 0.296 e. The number of aromatic nitrogens is 1. The molecule has 0 aliphatic rings. The highest BCUT2D eigenvalue weighted by Gasteiger charge is 2.20. The number of nitro groups is 1. The number of nitro benzene ring substituents is 1. The molecule has 0 saturated heterocycles. The van der Waals surface area contributed by atoms with Gasteiger partial charge in [0.2, 0.25) is 0 Å². The lowest BCUT2D eigenvalue weighted by molar-refractivity contribution is -0.384. The molecule has 0 saturated carbocycles. The van der Waals surface area contributed by atoms with E-state index in [1.807, 2.05) is 0 Å². The van der Waals surface area contributed by atoms with Gasteiger partial charge in [-0.25, -0.2) is 0 Å². The molecule has 0 unspecified atom stereocenters. The lowest BCUT2D eigenvalue weighted by atomic mass is 10.2. The Kier molecular flexibility index (Phi) is 3.60. The number of nitrogens with one attached hydrogen (secondary N) is 1. The summed E-state index contributed by atoms with van der Waals surface area (Å²) < 4.78 is 0. The molecule has 0 fully saturated rings. The number of hydrogen-bond donors (Lipinski definition) is 2. The predicted octanol–water partition coefficient (Wildman–Crippen LogP) is 2.26. The number of carbonyl (C=O) groups is 1. The molecular weight excluding hydrogens is 262 g/mol. The van der Waals surface area contributed by atoms with Crippen molar-refractivity contribution in [2.24, 2.45) is 0 Å². The number of hydrogen-bond acceptors (Lipinski definition) is 5. The van der Waals surface area contributed by atoms with Gasteiger partial charge in [-0.1, -0.05) is 6.07 Å². The van der Waals surface area contributed by atoms with Gasteiger partial charge in [0.25, 0.3) is 11.6 Å². The van der Waals surface area contributed by atoms with E-state index in [9.17, 15) is 20.0 Å². The van der Waals surface area contributed by atoms with Crippen LogP contribution in [-0.2, 0) is 0 Å². The predicted molar refractivity (Wildman–Crippen MR) is 71.7 cm³/mol. The highest BCUT2D eigenvalue weighted by molar-refractivity contribution is 6.06. The Morgan fingerprint density at radius 1 is 1.35 bits per heavy atom. The minimum absolute atomic E-state index is 0.233. The topological polar surface area (TPSA) is 105 Å². The van der Waals surface area contributed by atoms with E-state index in [0.717, 1.165) is 5.69 Å². The molecule has 1 heterocycles. The van der Waals surface area contributed by atoms with E-state index in [4.69, 9.17) is 0 Å². The monoisotopic (exact) mass is 273 g/mol.